The molecule has 0 saturated carbocycles. The van der Waals surface area contributed by atoms with Crippen molar-refractivity contribution >= 4 is 78.7 Å². The van der Waals surface area contributed by atoms with Gasteiger partial charge in [-0.1, -0.05) is 131 Å². The van der Waals surface area contributed by atoms with E-state index in [1.165, 1.54) is 59.7 Å². The molecule has 0 saturated heterocycles. The highest BCUT2D eigenvalue weighted by molar-refractivity contribution is 9.10. The molecular weight excluding hydrogens is 566 g/mol. The molecule has 190 valence electrons. The van der Waals surface area contributed by atoms with Gasteiger partial charge in [0.15, 0.2) is 8.07 Å². The molecule has 2 aliphatic rings. The van der Waals surface area contributed by atoms with Crippen LogP contribution in [0.15, 0.2) is 144 Å². The van der Waals surface area contributed by atoms with Crippen LogP contribution in [0, 0.1) is 0 Å². The number of benzene rings is 6. The average molecular weight is 593 g/mol. The van der Waals surface area contributed by atoms with Crippen molar-refractivity contribution < 1.29 is 0 Å². The van der Waals surface area contributed by atoms with Gasteiger partial charge in [-0.15, -0.1) is 0 Å². The van der Waals surface area contributed by atoms with E-state index in [4.69, 9.17) is 0 Å². The molecule has 1 nitrogen and oxygen atoms in total. The van der Waals surface area contributed by atoms with Gasteiger partial charge in [-0.25, -0.2) is 0 Å². The minimum atomic E-state index is -2.74. The monoisotopic (exact) mass is 591 g/mol. The third kappa shape index (κ3) is 3.31. The van der Waals surface area contributed by atoms with Crippen molar-refractivity contribution in [2.45, 2.75) is 6.42 Å². The maximum atomic E-state index is 3.85. The van der Waals surface area contributed by atoms with Crippen LogP contribution in [-0.2, 0) is 6.42 Å². The van der Waals surface area contributed by atoms with Crippen LogP contribution in [0.4, 0.5) is 17.1 Å². The third-order valence-corrected chi connectivity index (χ3v) is 14.0. The number of fused-ring (bicyclic) bond motifs is 3. The van der Waals surface area contributed by atoms with Crippen LogP contribution in [0.3, 0.4) is 0 Å². The second-order valence-corrected chi connectivity index (χ2v) is 15.2. The fourth-order valence-electron chi connectivity index (χ4n) is 7.07. The van der Waals surface area contributed by atoms with Crippen LogP contribution in [0.5, 0.6) is 0 Å². The van der Waals surface area contributed by atoms with Crippen molar-refractivity contribution in [3.8, 4) is 0 Å². The Bertz CT molecular complexity index is 1890. The highest BCUT2D eigenvalue weighted by Crippen LogP contribution is 2.43. The predicted molar refractivity (Wildman–Crippen MR) is 176 cm³/mol. The number of hydrogen-bond acceptors (Lipinski definition) is 1. The van der Waals surface area contributed by atoms with E-state index >= 15 is 0 Å². The van der Waals surface area contributed by atoms with Crippen LogP contribution < -0.4 is 25.6 Å². The smallest absolute Gasteiger partial charge is 0.184 e. The molecule has 1 heterocycles. The van der Waals surface area contributed by atoms with Gasteiger partial charge in [0.05, 0.1) is 0 Å². The van der Waals surface area contributed by atoms with Gasteiger partial charge >= 0.3 is 0 Å². The molecular formula is C37H26BrNSi. The Morgan fingerprint density at radius 2 is 1.30 bits per heavy atom. The van der Waals surface area contributed by atoms with Crippen molar-refractivity contribution in [1.29, 1.82) is 0 Å². The molecule has 8 rings (SSSR count). The number of anilines is 3. The second-order valence-electron chi connectivity index (χ2n) is 10.6. The van der Waals surface area contributed by atoms with Crippen LogP contribution in [0.2, 0.25) is 0 Å². The van der Waals surface area contributed by atoms with E-state index < -0.39 is 8.07 Å². The maximum absolute atomic E-state index is 3.85. The fourth-order valence-corrected chi connectivity index (χ4v) is 12.8. The van der Waals surface area contributed by atoms with Crippen molar-refractivity contribution in [2.24, 2.45) is 0 Å². The summed E-state index contributed by atoms with van der Waals surface area (Å²) >= 11 is 3.85. The van der Waals surface area contributed by atoms with E-state index in [1.807, 2.05) is 0 Å². The molecule has 1 aliphatic heterocycles. The Morgan fingerprint density at radius 1 is 0.625 bits per heavy atom. The maximum Gasteiger partial charge on any atom is 0.184 e. The van der Waals surface area contributed by atoms with Gasteiger partial charge in [0.1, 0.15) is 0 Å². The van der Waals surface area contributed by atoms with Gasteiger partial charge in [0.25, 0.3) is 0 Å². The summed E-state index contributed by atoms with van der Waals surface area (Å²) in [6, 6.07) is 49.7. The summed E-state index contributed by atoms with van der Waals surface area (Å²) in [6.07, 6.45) is 5.59. The summed E-state index contributed by atoms with van der Waals surface area (Å²) in [5.41, 5.74) is 6.52. The van der Waals surface area contributed by atoms with Crippen LogP contribution in [0.25, 0.3) is 16.8 Å². The van der Waals surface area contributed by atoms with Crippen molar-refractivity contribution in [3.63, 3.8) is 0 Å². The largest absolute Gasteiger partial charge is 0.311 e. The van der Waals surface area contributed by atoms with Crippen LogP contribution in [-0.4, -0.2) is 8.07 Å². The van der Waals surface area contributed by atoms with E-state index in [0.29, 0.717) is 0 Å². The zero-order chi connectivity index (χ0) is 26.7. The summed E-state index contributed by atoms with van der Waals surface area (Å²) in [5.74, 6) is 0. The van der Waals surface area contributed by atoms with Crippen molar-refractivity contribution in [1.82, 2.24) is 0 Å². The van der Waals surface area contributed by atoms with Crippen LogP contribution in [0.1, 0.15) is 11.1 Å². The Hall–Kier alpha value is -4.18. The minimum absolute atomic E-state index is 0.930. The molecule has 3 heteroatoms. The topological polar surface area (TPSA) is 3.24 Å². The standard InChI is InChI=1S/C37H26BrNSi/c38-28-22-23-35-33(25-28)39(29-15-4-1-5-16-29)34-24-27-14-10-12-26-13-11-21-32(36(26)27)37(34)40(35,30-17-6-2-7-18-30)31-19-8-3-9-20-31/h1-20,22-25H,21H2. The normalized spacial score (nSPS) is 14.6. The predicted octanol–water partition coefficient (Wildman–Crippen LogP) is 7.33. The second kappa shape index (κ2) is 9.19. The molecule has 0 radical (unpaired) electrons. The van der Waals surface area contributed by atoms with Crippen molar-refractivity contribution in [3.05, 3.63) is 155 Å². The summed E-state index contributed by atoms with van der Waals surface area (Å²) in [5, 5.41) is 8.47. The summed E-state index contributed by atoms with van der Waals surface area (Å²) < 4.78 is 1.09. The SMILES string of the molecule is Brc1ccc2c(c1)N(c1ccccc1)c1cc3cccc4c3c(c1[Si]2(c1ccccc1)c1ccccc1)CC=C4. The molecule has 6 aromatic rings. The lowest BCUT2D eigenvalue weighted by Gasteiger charge is -2.46. The number of para-hydroxylation sites is 1. The van der Waals surface area contributed by atoms with Gasteiger partial charge in [-0.2, -0.15) is 0 Å². The highest BCUT2D eigenvalue weighted by atomic mass is 79.9. The Kier molecular flexibility index (Phi) is 5.44. The first-order valence-corrected chi connectivity index (χ1v) is 16.6. The number of hydrogen-bond donors (Lipinski definition) is 0. The number of halogens is 1. The molecule has 0 aromatic heterocycles. The summed E-state index contributed by atoms with van der Waals surface area (Å²) in [6.45, 7) is 0. The first-order chi connectivity index (χ1) is 19.8. The molecule has 0 N–H and O–H groups in total. The molecule has 0 fully saturated rings. The molecule has 6 aromatic carbocycles. The van der Waals surface area contributed by atoms with E-state index in [9.17, 15) is 0 Å². The molecule has 40 heavy (non-hydrogen) atoms. The molecule has 0 atom stereocenters. The van der Waals surface area contributed by atoms with Gasteiger partial charge in [0.2, 0.25) is 0 Å². The molecule has 0 unspecified atom stereocenters. The summed E-state index contributed by atoms with van der Waals surface area (Å²) in [4.78, 5) is 2.51. The zero-order valence-electron chi connectivity index (χ0n) is 21.9. The van der Waals surface area contributed by atoms with Gasteiger partial charge in [-0.05, 0) is 79.4 Å². The summed E-state index contributed by atoms with van der Waals surface area (Å²) in [7, 11) is -2.74. The van der Waals surface area contributed by atoms with Gasteiger partial charge in [0, 0.05) is 21.5 Å². The lowest BCUT2D eigenvalue weighted by molar-refractivity contribution is 1.25. The number of allylic oxidation sites excluding steroid dienone is 1. The number of nitrogens with zero attached hydrogens (tertiary/aromatic N) is 1. The first kappa shape index (κ1) is 23.7. The Labute approximate surface area is 244 Å². The van der Waals surface area contributed by atoms with E-state index in [0.717, 1.165) is 10.9 Å². The quantitative estimate of drug-likeness (QED) is 0.194. The van der Waals surface area contributed by atoms with E-state index in [1.54, 1.807) is 0 Å². The first-order valence-electron chi connectivity index (χ1n) is 13.8. The van der Waals surface area contributed by atoms with Crippen LogP contribution >= 0.6 is 15.9 Å². The molecule has 0 amide bonds. The highest BCUT2D eigenvalue weighted by Gasteiger charge is 2.50. The lowest BCUT2D eigenvalue weighted by atomic mass is 9.91. The van der Waals surface area contributed by atoms with Crippen molar-refractivity contribution in [2.75, 3.05) is 4.90 Å². The zero-order valence-corrected chi connectivity index (χ0v) is 24.5. The van der Waals surface area contributed by atoms with Gasteiger partial charge in [-0.3, -0.25) is 0 Å². The fraction of sp³-hybridized carbons (Fsp3) is 0.0270. The Balaban J connectivity index is 1.64. The molecule has 0 bridgehead atoms. The average Bonchev–Trinajstić information content (AvgIpc) is 3.01. The lowest BCUT2D eigenvalue weighted by Crippen LogP contribution is -2.77. The third-order valence-electron chi connectivity index (χ3n) is 8.55. The molecule has 0 spiro atoms. The molecule has 1 aliphatic carbocycles. The van der Waals surface area contributed by atoms with E-state index in [2.05, 4.69) is 166 Å². The van der Waals surface area contributed by atoms with E-state index in [-0.39, 0.29) is 0 Å². The Morgan fingerprint density at radius 3 is 2.00 bits per heavy atom. The number of rotatable bonds is 3. The van der Waals surface area contributed by atoms with Gasteiger partial charge < -0.3 is 4.90 Å². The minimum Gasteiger partial charge on any atom is -0.311 e.